The normalized spacial score (nSPS) is 25.0. The second kappa shape index (κ2) is 6.81. The van der Waals surface area contributed by atoms with Gasteiger partial charge in [0.2, 0.25) is 0 Å². The van der Waals surface area contributed by atoms with Crippen LogP contribution in [0.2, 0.25) is 0 Å². The number of anilines is 1. The number of carbonyl (C=O) groups is 2. The number of nitrogens with one attached hydrogen (secondary N) is 1. The highest BCUT2D eigenvalue weighted by Crippen LogP contribution is 2.48. The number of carbonyl (C=O) groups excluding carboxylic acids is 2. The average Bonchev–Trinajstić information content (AvgIpc) is 3.35. The van der Waals surface area contributed by atoms with Crippen molar-refractivity contribution in [3.05, 3.63) is 78.4 Å². The van der Waals surface area contributed by atoms with Crippen LogP contribution in [0.3, 0.4) is 0 Å². The minimum absolute atomic E-state index is 0.182. The Labute approximate surface area is 173 Å². The molecule has 0 atom stereocenters. The lowest BCUT2D eigenvalue weighted by atomic mass is 9.74. The van der Waals surface area contributed by atoms with E-state index in [1.807, 2.05) is 41.1 Å². The van der Waals surface area contributed by atoms with Crippen LogP contribution in [0.25, 0.3) is 5.69 Å². The molecule has 0 unspecified atom stereocenters. The molecule has 3 heterocycles. The van der Waals surface area contributed by atoms with Crippen LogP contribution < -0.4 is 5.32 Å². The van der Waals surface area contributed by atoms with Gasteiger partial charge >= 0.3 is 5.97 Å². The molecule has 0 saturated heterocycles. The van der Waals surface area contributed by atoms with Crippen LogP contribution in [0, 0.1) is 0 Å². The van der Waals surface area contributed by atoms with Crippen molar-refractivity contribution in [1.82, 2.24) is 9.55 Å². The Morgan fingerprint density at radius 1 is 1.07 bits per heavy atom. The van der Waals surface area contributed by atoms with E-state index >= 15 is 0 Å². The van der Waals surface area contributed by atoms with Gasteiger partial charge in [0.1, 0.15) is 5.60 Å². The number of pyridine rings is 1. The minimum Gasteiger partial charge on any atom is -0.449 e. The van der Waals surface area contributed by atoms with Gasteiger partial charge in [0, 0.05) is 24.3 Å². The van der Waals surface area contributed by atoms with Gasteiger partial charge in [0.15, 0.2) is 5.60 Å². The number of ether oxygens (including phenoxy) is 1. The Morgan fingerprint density at radius 3 is 2.60 bits per heavy atom. The number of fused-ring (bicyclic) bond motifs is 2. The SMILES string of the molecule is O=C1O[C@]2(CC[C@](O)(C(=O)Nc3ccn(-c4ccccc4)c3)CC2)c2ncccc21. The highest BCUT2D eigenvalue weighted by molar-refractivity contribution is 5.97. The maximum Gasteiger partial charge on any atom is 0.341 e. The molecule has 2 N–H and O–H groups in total. The summed E-state index contributed by atoms with van der Waals surface area (Å²) in [5.41, 5.74) is 0.287. The molecule has 3 aromatic rings. The third-order valence-electron chi connectivity index (χ3n) is 6.06. The molecule has 1 aliphatic carbocycles. The van der Waals surface area contributed by atoms with Gasteiger partial charge in [-0.25, -0.2) is 4.79 Å². The number of amides is 1. The molecule has 1 amide bonds. The molecule has 1 saturated carbocycles. The van der Waals surface area contributed by atoms with Crippen molar-refractivity contribution in [2.45, 2.75) is 36.9 Å². The molecule has 2 aliphatic rings. The Morgan fingerprint density at radius 2 is 1.83 bits per heavy atom. The van der Waals surface area contributed by atoms with E-state index in [2.05, 4.69) is 10.3 Å². The van der Waals surface area contributed by atoms with E-state index in [4.69, 9.17) is 4.74 Å². The zero-order valence-corrected chi connectivity index (χ0v) is 16.2. The third-order valence-corrected chi connectivity index (χ3v) is 6.06. The van der Waals surface area contributed by atoms with Gasteiger partial charge in [-0.3, -0.25) is 9.78 Å². The van der Waals surface area contributed by atoms with Crippen molar-refractivity contribution >= 4 is 17.6 Å². The predicted octanol–water partition coefficient (Wildman–Crippen LogP) is 3.18. The maximum absolute atomic E-state index is 12.9. The first-order valence-corrected chi connectivity index (χ1v) is 9.95. The molecule has 5 rings (SSSR count). The van der Waals surface area contributed by atoms with Gasteiger partial charge in [0.05, 0.1) is 16.9 Å². The summed E-state index contributed by atoms with van der Waals surface area (Å²) in [5, 5.41) is 13.8. The van der Waals surface area contributed by atoms with Crippen LogP contribution in [0.1, 0.15) is 41.7 Å². The molecule has 0 bridgehead atoms. The Hall–Kier alpha value is -3.45. The van der Waals surface area contributed by atoms with E-state index in [0.717, 1.165) is 5.69 Å². The molecule has 30 heavy (non-hydrogen) atoms. The highest BCUT2D eigenvalue weighted by atomic mass is 16.6. The summed E-state index contributed by atoms with van der Waals surface area (Å²) in [6, 6.07) is 14.9. The number of esters is 1. The largest absolute Gasteiger partial charge is 0.449 e. The first kappa shape index (κ1) is 18.6. The molecule has 152 valence electrons. The summed E-state index contributed by atoms with van der Waals surface area (Å²) in [6.07, 6.45) is 6.34. The second-order valence-electron chi connectivity index (χ2n) is 7.91. The first-order valence-electron chi connectivity index (χ1n) is 9.95. The van der Waals surface area contributed by atoms with E-state index in [0.29, 0.717) is 29.8 Å². The number of para-hydroxylation sites is 1. The highest BCUT2D eigenvalue weighted by Gasteiger charge is 2.53. The predicted molar refractivity (Wildman–Crippen MR) is 109 cm³/mol. The maximum atomic E-state index is 12.9. The number of rotatable bonds is 3. The van der Waals surface area contributed by atoms with Crippen LogP contribution in [-0.2, 0) is 15.1 Å². The van der Waals surface area contributed by atoms with Crippen LogP contribution in [0.15, 0.2) is 67.1 Å². The standard InChI is InChI=1S/C23H21N3O4/c27-20-18-7-4-13-24-19(18)23(30-20)11-9-22(29,10-12-23)21(28)25-16-8-14-26(15-16)17-5-2-1-3-6-17/h1-8,13-15,29H,9-12H2,(H,25,28)/t22-,23+. The van der Waals surface area contributed by atoms with Crippen LogP contribution >= 0.6 is 0 Å². The lowest BCUT2D eigenvalue weighted by molar-refractivity contribution is -0.144. The number of hydrogen-bond donors (Lipinski definition) is 2. The molecule has 1 aromatic carbocycles. The fourth-order valence-corrected chi connectivity index (χ4v) is 4.33. The second-order valence-corrected chi connectivity index (χ2v) is 7.91. The molecule has 1 fully saturated rings. The van der Waals surface area contributed by atoms with Gasteiger partial charge in [-0.1, -0.05) is 18.2 Å². The van der Waals surface area contributed by atoms with Gasteiger partial charge in [-0.05, 0) is 56.0 Å². The zero-order chi connectivity index (χ0) is 20.8. The van der Waals surface area contributed by atoms with Crippen molar-refractivity contribution in [3.8, 4) is 5.69 Å². The van der Waals surface area contributed by atoms with E-state index in [-0.39, 0.29) is 12.8 Å². The van der Waals surface area contributed by atoms with E-state index in [1.165, 1.54) is 0 Å². The van der Waals surface area contributed by atoms with Gasteiger partial charge in [-0.15, -0.1) is 0 Å². The summed E-state index contributed by atoms with van der Waals surface area (Å²) >= 11 is 0. The smallest absolute Gasteiger partial charge is 0.341 e. The van der Waals surface area contributed by atoms with Gasteiger partial charge in [0.25, 0.3) is 5.91 Å². The van der Waals surface area contributed by atoms with Crippen molar-refractivity contribution < 1.29 is 19.4 Å². The quantitative estimate of drug-likeness (QED) is 0.655. The molecule has 0 radical (unpaired) electrons. The van der Waals surface area contributed by atoms with Crippen molar-refractivity contribution in [2.75, 3.05) is 5.32 Å². The van der Waals surface area contributed by atoms with Crippen LogP contribution in [0.5, 0.6) is 0 Å². The zero-order valence-electron chi connectivity index (χ0n) is 16.2. The molecular formula is C23H21N3O4. The number of nitrogens with zero attached hydrogens (tertiary/aromatic N) is 2. The summed E-state index contributed by atoms with van der Waals surface area (Å²) in [5.74, 6) is -0.844. The molecular weight excluding hydrogens is 382 g/mol. The number of aliphatic hydroxyl groups is 1. The van der Waals surface area contributed by atoms with Crippen molar-refractivity contribution in [3.63, 3.8) is 0 Å². The van der Waals surface area contributed by atoms with Crippen LogP contribution in [-0.4, -0.2) is 32.1 Å². The third kappa shape index (κ3) is 2.98. The van der Waals surface area contributed by atoms with E-state index in [9.17, 15) is 14.7 Å². The Kier molecular flexibility index (Phi) is 4.22. The minimum atomic E-state index is -1.52. The number of hydrogen-bond acceptors (Lipinski definition) is 5. The molecule has 7 nitrogen and oxygen atoms in total. The Bertz CT molecular complexity index is 1110. The summed E-state index contributed by atoms with van der Waals surface area (Å²) in [6.45, 7) is 0. The lowest BCUT2D eigenvalue weighted by Crippen LogP contribution is -2.49. The number of aromatic nitrogens is 2. The summed E-state index contributed by atoms with van der Waals surface area (Å²) < 4.78 is 7.56. The van der Waals surface area contributed by atoms with Crippen molar-refractivity contribution in [1.29, 1.82) is 0 Å². The molecule has 2 aromatic heterocycles. The lowest BCUT2D eigenvalue weighted by Gasteiger charge is -2.39. The molecule has 1 spiro atoms. The van der Waals surface area contributed by atoms with Crippen LogP contribution in [0.4, 0.5) is 5.69 Å². The summed E-state index contributed by atoms with van der Waals surface area (Å²) in [7, 11) is 0. The fraction of sp³-hybridized carbons (Fsp3) is 0.261. The Balaban J connectivity index is 1.29. The van der Waals surface area contributed by atoms with E-state index < -0.39 is 23.1 Å². The molecule has 7 heteroatoms. The average molecular weight is 403 g/mol. The van der Waals surface area contributed by atoms with Gasteiger partial charge in [-0.2, -0.15) is 0 Å². The van der Waals surface area contributed by atoms with E-state index in [1.54, 1.807) is 30.6 Å². The summed E-state index contributed by atoms with van der Waals surface area (Å²) in [4.78, 5) is 29.4. The van der Waals surface area contributed by atoms with Crippen molar-refractivity contribution in [2.24, 2.45) is 0 Å². The fourth-order valence-electron chi connectivity index (χ4n) is 4.33. The first-order chi connectivity index (χ1) is 14.5. The topological polar surface area (TPSA) is 93.5 Å². The van der Waals surface area contributed by atoms with Gasteiger partial charge < -0.3 is 19.7 Å². The molecule has 1 aliphatic heterocycles. The number of benzene rings is 1. The monoisotopic (exact) mass is 403 g/mol.